The van der Waals surface area contributed by atoms with Gasteiger partial charge in [0, 0.05) is 32.2 Å². The highest BCUT2D eigenvalue weighted by atomic mass is 19.1. The van der Waals surface area contributed by atoms with Crippen molar-refractivity contribution in [3.05, 3.63) is 47.6 Å². The third kappa shape index (κ3) is 5.40. The fourth-order valence-electron chi connectivity index (χ4n) is 4.36. The van der Waals surface area contributed by atoms with Crippen molar-refractivity contribution in [2.45, 2.75) is 40.7 Å². The van der Waals surface area contributed by atoms with Crippen molar-refractivity contribution in [3.63, 3.8) is 0 Å². The molecule has 4 rings (SSSR count). The minimum absolute atomic E-state index is 0.0531. The lowest BCUT2D eigenvalue weighted by molar-refractivity contribution is 0.271. The second-order valence-corrected chi connectivity index (χ2v) is 8.96. The van der Waals surface area contributed by atoms with Crippen LogP contribution >= 0.6 is 0 Å². The molecule has 4 heterocycles. The lowest BCUT2D eigenvalue weighted by atomic mass is 10.2. The van der Waals surface area contributed by atoms with Crippen molar-refractivity contribution >= 4 is 35.8 Å². The largest absolute Gasteiger partial charge is 0.368 e. The van der Waals surface area contributed by atoms with E-state index < -0.39 is 5.82 Å². The normalized spacial score (nSPS) is 15.0. The highest BCUT2D eigenvalue weighted by molar-refractivity contribution is 6.01. The van der Waals surface area contributed by atoms with E-state index in [1.54, 1.807) is 0 Å². The van der Waals surface area contributed by atoms with Crippen molar-refractivity contribution in [3.8, 4) is 0 Å². The molecule has 1 N–H and O–H groups in total. The van der Waals surface area contributed by atoms with Gasteiger partial charge in [-0.25, -0.2) is 34.3 Å². The number of piperazine rings is 1. The third-order valence-corrected chi connectivity index (χ3v) is 6.24. The van der Waals surface area contributed by atoms with E-state index in [9.17, 15) is 4.39 Å². The van der Waals surface area contributed by atoms with E-state index in [1.807, 2.05) is 50.6 Å². The van der Waals surface area contributed by atoms with Gasteiger partial charge in [-0.3, -0.25) is 0 Å². The zero-order valence-electron chi connectivity index (χ0n) is 21.5. The second kappa shape index (κ2) is 10.9. The Morgan fingerprint density at radius 3 is 2.47 bits per heavy atom. The smallest absolute Gasteiger partial charge is 0.229 e. The van der Waals surface area contributed by atoms with Crippen LogP contribution in [0.3, 0.4) is 0 Å². The van der Waals surface area contributed by atoms with Crippen molar-refractivity contribution in [2.24, 2.45) is 9.98 Å². The molecule has 36 heavy (non-hydrogen) atoms. The van der Waals surface area contributed by atoms with Gasteiger partial charge in [-0.15, -0.1) is 0 Å². The fraction of sp³-hybridized carbons (Fsp3) is 0.440. The van der Waals surface area contributed by atoms with Gasteiger partial charge in [0.15, 0.2) is 17.5 Å². The Labute approximate surface area is 211 Å². The predicted molar refractivity (Wildman–Crippen MR) is 142 cm³/mol. The zero-order chi connectivity index (χ0) is 25.8. The van der Waals surface area contributed by atoms with E-state index in [0.29, 0.717) is 11.6 Å². The first kappa shape index (κ1) is 25.4. The number of likely N-dealkylation sites (N-methyl/N-ethyl adjacent to an activating group) is 1. The molecular weight excluding hydrogens is 459 g/mol. The average molecular weight is 493 g/mol. The van der Waals surface area contributed by atoms with E-state index in [4.69, 9.17) is 0 Å². The van der Waals surface area contributed by atoms with Gasteiger partial charge in [-0.1, -0.05) is 6.92 Å². The van der Waals surface area contributed by atoms with Gasteiger partial charge in [-0.2, -0.15) is 0 Å². The summed E-state index contributed by atoms with van der Waals surface area (Å²) in [6.45, 7) is 18.7. The van der Waals surface area contributed by atoms with Crippen LogP contribution in [0.5, 0.6) is 0 Å². The van der Waals surface area contributed by atoms with Crippen LogP contribution in [0.1, 0.15) is 44.0 Å². The molecule has 1 fully saturated rings. The van der Waals surface area contributed by atoms with E-state index in [2.05, 4.69) is 58.7 Å². The molecule has 3 aromatic rings. The first-order chi connectivity index (χ1) is 17.3. The number of hydrogen-bond acceptors (Lipinski definition) is 8. The van der Waals surface area contributed by atoms with Gasteiger partial charge in [-0.05, 0) is 53.1 Å². The summed E-state index contributed by atoms with van der Waals surface area (Å²) in [5, 5.41) is 3.04. The Hall–Kier alpha value is -3.73. The van der Waals surface area contributed by atoms with Crippen molar-refractivity contribution < 1.29 is 4.39 Å². The number of amidine groups is 1. The molecule has 3 aromatic heterocycles. The summed E-state index contributed by atoms with van der Waals surface area (Å²) in [7, 11) is 0. The number of hydrogen-bond donors (Lipinski definition) is 1. The lowest BCUT2D eigenvalue weighted by Gasteiger charge is -2.35. The quantitative estimate of drug-likeness (QED) is 0.392. The predicted octanol–water partition coefficient (Wildman–Crippen LogP) is 4.07. The maximum Gasteiger partial charge on any atom is 0.229 e. The van der Waals surface area contributed by atoms with Gasteiger partial charge >= 0.3 is 0 Å². The van der Waals surface area contributed by atoms with Crippen molar-refractivity contribution in [1.82, 2.24) is 29.4 Å². The molecule has 0 saturated carbocycles. The Morgan fingerprint density at radius 1 is 1.11 bits per heavy atom. The average Bonchev–Trinajstić information content (AvgIpc) is 3.16. The van der Waals surface area contributed by atoms with Crippen LogP contribution in [-0.2, 0) is 0 Å². The molecular formula is C25H33FN10. The summed E-state index contributed by atoms with van der Waals surface area (Å²) in [6.07, 6.45) is 2.91. The molecule has 1 aliphatic rings. The number of rotatable bonds is 7. The monoisotopic (exact) mass is 492 g/mol. The molecule has 1 saturated heterocycles. The number of imidazole rings is 1. The van der Waals surface area contributed by atoms with Crippen LogP contribution in [-0.4, -0.2) is 74.7 Å². The number of aliphatic imine (C=N–C) groups is 2. The summed E-state index contributed by atoms with van der Waals surface area (Å²) in [5.74, 6) is 1.55. The number of aromatic nitrogens is 5. The number of pyridine rings is 1. The van der Waals surface area contributed by atoms with Gasteiger partial charge in [0.05, 0.1) is 23.8 Å². The lowest BCUT2D eigenvalue weighted by Crippen LogP contribution is -2.46. The Kier molecular flexibility index (Phi) is 7.68. The Balaban J connectivity index is 1.55. The third-order valence-electron chi connectivity index (χ3n) is 6.24. The minimum Gasteiger partial charge on any atom is -0.368 e. The van der Waals surface area contributed by atoms with Gasteiger partial charge < -0.3 is 19.7 Å². The van der Waals surface area contributed by atoms with Crippen LogP contribution < -0.4 is 10.2 Å². The van der Waals surface area contributed by atoms with E-state index in [1.165, 1.54) is 0 Å². The molecule has 10 nitrogen and oxygen atoms in total. The van der Waals surface area contributed by atoms with E-state index in [-0.39, 0.29) is 23.5 Å². The molecule has 190 valence electrons. The molecule has 0 spiro atoms. The molecule has 0 aliphatic carbocycles. The van der Waals surface area contributed by atoms with Crippen LogP contribution in [0.2, 0.25) is 0 Å². The maximum atomic E-state index is 14.8. The molecule has 0 bridgehead atoms. The van der Waals surface area contributed by atoms with Crippen LogP contribution in [0, 0.1) is 19.7 Å². The molecule has 0 amide bonds. The topological polar surface area (TPSA) is 99.7 Å². The molecule has 0 radical (unpaired) electrons. The molecule has 0 unspecified atom stereocenters. The molecule has 1 aliphatic heterocycles. The van der Waals surface area contributed by atoms with Crippen molar-refractivity contribution in [2.75, 3.05) is 42.9 Å². The summed E-state index contributed by atoms with van der Waals surface area (Å²) in [6, 6.07) is 3.99. The standard InChI is InChI=1S/C25H33FN10/c1-7-34-10-12-35(13-11-34)19-8-9-21(28-14-19)31-25-29-15-20(26)22(32-25)23(27-6)33-24-17(4)30-18(5)36(24)16(2)3/h8-9,14-16H,6-7,10-13H2,1-5H3,(H,28,29,31,32)/b33-23-. The molecule has 11 heteroatoms. The highest BCUT2D eigenvalue weighted by Gasteiger charge is 2.19. The highest BCUT2D eigenvalue weighted by Crippen LogP contribution is 2.26. The number of nitrogens with zero attached hydrogens (tertiary/aromatic N) is 9. The maximum absolute atomic E-state index is 14.8. The fourth-order valence-corrected chi connectivity index (χ4v) is 4.36. The summed E-state index contributed by atoms with van der Waals surface area (Å²) < 4.78 is 16.7. The second-order valence-electron chi connectivity index (χ2n) is 8.96. The summed E-state index contributed by atoms with van der Waals surface area (Å²) in [4.78, 5) is 30.7. The van der Waals surface area contributed by atoms with Crippen molar-refractivity contribution in [1.29, 1.82) is 0 Å². The van der Waals surface area contributed by atoms with Gasteiger partial charge in [0.1, 0.15) is 17.3 Å². The first-order valence-corrected chi connectivity index (χ1v) is 12.1. The SMILES string of the molecule is C=N/C(=N\c1c(C)nc(C)n1C(C)C)c1nc(Nc2ccc(N3CCN(CC)CC3)cn2)ncc1F. The minimum atomic E-state index is -0.647. The summed E-state index contributed by atoms with van der Waals surface area (Å²) in [5.41, 5.74) is 1.73. The van der Waals surface area contributed by atoms with Gasteiger partial charge in [0.25, 0.3) is 0 Å². The summed E-state index contributed by atoms with van der Waals surface area (Å²) >= 11 is 0. The van der Waals surface area contributed by atoms with E-state index >= 15 is 0 Å². The van der Waals surface area contributed by atoms with Crippen LogP contribution in [0.4, 0.5) is 27.7 Å². The number of anilines is 3. The van der Waals surface area contributed by atoms with Crippen LogP contribution in [0.25, 0.3) is 0 Å². The van der Waals surface area contributed by atoms with Crippen LogP contribution in [0.15, 0.2) is 34.5 Å². The zero-order valence-corrected chi connectivity index (χ0v) is 21.5. The first-order valence-electron chi connectivity index (χ1n) is 12.1. The van der Waals surface area contributed by atoms with E-state index in [0.717, 1.165) is 56.1 Å². The number of aryl methyl sites for hydroxylation is 2. The van der Waals surface area contributed by atoms with Gasteiger partial charge in [0.2, 0.25) is 5.95 Å². The number of halogens is 1. The number of nitrogens with one attached hydrogen (secondary N) is 1. The molecule has 0 atom stereocenters. The molecule has 0 aromatic carbocycles. The Bertz CT molecular complexity index is 1240. The Morgan fingerprint density at radius 2 is 1.86 bits per heavy atom.